The van der Waals surface area contributed by atoms with Crippen LogP contribution in [0, 0.1) is 5.82 Å². The molecule has 0 aliphatic carbocycles. The average molecular weight is 314 g/mol. The summed E-state index contributed by atoms with van der Waals surface area (Å²) in [5, 5.41) is 8.41. The van der Waals surface area contributed by atoms with Crippen molar-refractivity contribution >= 4 is 28.7 Å². The second-order valence-corrected chi connectivity index (χ2v) is 5.06. The maximum atomic E-state index is 14.1. The second kappa shape index (κ2) is 4.63. The molecule has 0 fully saturated rings. The number of benzene rings is 1. The van der Waals surface area contributed by atoms with Gasteiger partial charge in [0.1, 0.15) is 12.4 Å². The largest absolute Gasteiger partial charge is 0.511 e. The molecule has 6 nitrogen and oxygen atoms in total. The monoisotopic (exact) mass is 313 g/mol. The van der Waals surface area contributed by atoms with Crippen molar-refractivity contribution in [3.05, 3.63) is 33.3 Å². The van der Waals surface area contributed by atoms with Crippen LogP contribution >= 0.6 is 11.6 Å². The molecule has 0 spiro atoms. The number of carbonyl (C=O) groups is 1. The van der Waals surface area contributed by atoms with E-state index in [4.69, 9.17) is 21.4 Å². The van der Waals surface area contributed by atoms with Gasteiger partial charge in [-0.2, -0.15) is 0 Å². The third-order valence-corrected chi connectivity index (χ3v) is 3.55. The maximum Gasteiger partial charge on any atom is 0.511 e. The molecule has 1 aromatic heterocycles. The fourth-order valence-corrected chi connectivity index (χ4v) is 2.60. The Kier molecular flexibility index (Phi) is 3.02. The van der Waals surface area contributed by atoms with Crippen LogP contribution in [0.2, 0.25) is 5.02 Å². The van der Waals surface area contributed by atoms with Crippen molar-refractivity contribution in [1.29, 1.82) is 0 Å². The van der Waals surface area contributed by atoms with Crippen LogP contribution in [0.1, 0.15) is 13.0 Å². The number of halogens is 2. The first kappa shape index (κ1) is 13.7. The maximum absolute atomic E-state index is 14.1. The molecule has 0 amide bonds. The van der Waals surface area contributed by atoms with E-state index < -0.39 is 23.2 Å². The van der Waals surface area contributed by atoms with Gasteiger partial charge in [-0.15, -0.1) is 0 Å². The Bertz CT molecular complexity index is 832. The Labute approximate surface area is 122 Å². The summed E-state index contributed by atoms with van der Waals surface area (Å²) in [4.78, 5) is 22.9. The van der Waals surface area contributed by atoms with E-state index in [9.17, 15) is 14.0 Å². The zero-order valence-corrected chi connectivity index (χ0v) is 11.5. The molecule has 1 unspecified atom stereocenters. The fourth-order valence-electron chi connectivity index (χ4n) is 2.36. The van der Waals surface area contributed by atoms with Gasteiger partial charge in [-0.25, -0.2) is 9.18 Å². The summed E-state index contributed by atoms with van der Waals surface area (Å²) < 4.78 is 25.5. The van der Waals surface area contributed by atoms with Gasteiger partial charge in [-0.05, 0) is 13.0 Å². The zero-order valence-electron chi connectivity index (χ0n) is 10.7. The highest BCUT2D eigenvalue weighted by atomic mass is 35.5. The zero-order chi connectivity index (χ0) is 15.3. The third-order valence-electron chi connectivity index (χ3n) is 3.27. The third kappa shape index (κ3) is 2.01. The Hall–Kier alpha value is -2.28. The lowest BCUT2D eigenvalue weighted by atomic mass is 10.1. The van der Waals surface area contributed by atoms with Crippen molar-refractivity contribution < 1.29 is 23.8 Å². The Morgan fingerprint density at radius 1 is 1.62 bits per heavy atom. The SMILES string of the molecule is CC1COc2c(Cl)cc(F)c3c(=O)c(OC(=O)O)cn1c23. The van der Waals surface area contributed by atoms with Crippen molar-refractivity contribution in [2.45, 2.75) is 13.0 Å². The first-order chi connectivity index (χ1) is 9.90. The number of hydrogen-bond donors (Lipinski definition) is 1. The fraction of sp³-hybridized carbons (Fsp3) is 0.231. The van der Waals surface area contributed by atoms with Gasteiger partial charge in [-0.3, -0.25) is 4.79 Å². The Balaban J connectivity index is 2.47. The predicted molar refractivity (Wildman–Crippen MR) is 72.0 cm³/mol. The first-order valence-corrected chi connectivity index (χ1v) is 6.38. The minimum absolute atomic E-state index is 0.0481. The molecule has 1 atom stereocenters. The average Bonchev–Trinajstić information content (AvgIpc) is 2.39. The predicted octanol–water partition coefficient (Wildman–Crippen LogP) is 2.80. The molecule has 0 saturated heterocycles. The number of aromatic nitrogens is 1. The number of hydrogen-bond acceptors (Lipinski definition) is 4. The number of pyridine rings is 1. The van der Waals surface area contributed by atoms with E-state index in [1.54, 1.807) is 6.92 Å². The smallest absolute Gasteiger partial charge is 0.488 e. The lowest BCUT2D eigenvalue weighted by molar-refractivity contribution is 0.143. The van der Waals surface area contributed by atoms with E-state index in [1.165, 1.54) is 10.8 Å². The molecule has 2 aromatic rings. The van der Waals surface area contributed by atoms with Crippen LogP contribution in [0.5, 0.6) is 11.5 Å². The lowest BCUT2D eigenvalue weighted by Gasteiger charge is -2.27. The van der Waals surface area contributed by atoms with Gasteiger partial charge < -0.3 is 19.1 Å². The normalized spacial score (nSPS) is 16.6. The highest BCUT2D eigenvalue weighted by molar-refractivity contribution is 6.33. The standard InChI is InChI=1S/C13H9ClFNO5/c1-5-4-20-12-6(14)2-7(15)9-10(12)16(5)3-8(11(9)17)21-13(18)19/h2-3,5H,4H2,1H3,(H,18,19). The molecule has 8 heteroatoms. The van der Waals surface area contributed by atoms with E-state index in [-0.39, 0.29) is 34.3 Å². The van der Waals surface area contributed by atoms with Crippen molar-refractivity contribution in [2.24, 2.45) is 0 Å². The van der Waals surface area contributed by atoms with Gasteiger partial charge in [-0.1, -0.05) is 11.6 Å². The molecular weight excluding hydrogens is 305 g/mol. The summed E-state index contributed by atoms with van der Waals surface area (Å²) in [7, 11) is 0. The van der Waals surface area contributed by atoms with Crippen LogP contribution < -0.4 is 14.9 Å². The van der Waals surface area contributed by atoms with Gasteiger partial charge in [0.2, 0.25) is 5.43 Å². The number of rotatable bonds is 1. The molecule has 3 rings (SSSR count). The van der Waals surface area contributed by atoms with Gasteiger partial charge in [0, 0.05) is 0 Å². The van der Waals surface area contributed by atoms with Crippen LogP contribution in [0.15, 0.2) is 17.1 Å². The molecule has 1 aliphatic heterocycles. The highest BCUT2D eigenvalue weighted by Gasteiger charge is 2.27. The quantitative estimate of drug-likeness (QED) is 0.819. The summed E-state index contributed by atoms with van der Waals surface area (Å²) in [5.41, 5.74) is -0.668. The molecule has 1 aromatic carbocycles. The molecule has 2 heterocycles. The van der Waals surface area contributed by atoms with Crippen LogP contribution in [0.4, 0.5) is 9.18 Å². The molecule has 110 valence electrons. The Morgan fingerprint density at radius 2 is 2.33 bits per heavy atom. The van der Waals surface area contributed by atoms with Gasteiger partial charge >= 0.3 is 6.16 Å². The van der Waals surface area contributed by atoms with Crippen LogP contribution in [-0.2, 0) is 0 Å². The minimum atomic E-state index is -1.64. The molecule has 1 N–H and O–H groups in total. The molecule has 21 heavy (non-hydrogen) atoms. The van der Waals surface area contributed by atoms with Gasteiger partial charge in [0.25, 0.3) is 0 Å². The van der Waals surface area contributed by atoms with E-state index in [0.717, 1.165) is 6.07 Å². The van der Waals surface area contributed by atoms with Gasteiger partial charge in [0.05, 0.1) is 28.2 Å². The molecule has 0 saturated carbocycles. The van der Waals surface area contributed by atoms with E-state index in [0.29, 0.717) is 0 Å². The van der Waals surface area contributed by atoms with Crippen LogP contribution in [0.25, 0.3) is 10.9 Å². The highest BCUT2D eigenvalue weighted by Crippen LogP contribution is 2.39. The molecular formula is C13H9ClFNO5. The van der Waals surface area contributed by atoms with E-state index in [1.807, 2.05) is 0 Å². The van der Waals surface area contributed by atoms with E-state index in [2.05, 4.69) is 4.74 Å². The van der Waals surface area contributed by atoms with Crippen LogP contribution in [0.3, 0.4) is 0 Å². The summed E-state index contributed by atoms with van der Waals surface area (Å²) in [5.74, 6) is -1.12. The summed E-state index contributed by atoms with van der Waals surface area (Å²) in [6, 6.07) is 0.723. The van der Waals surface area contributed by atoms with Crippen molar-refractivity contribution in [2.75, 3.05) is 6.61 Å². The lowest BCUT2D eigenvalue weighted by Crippen LogP contribution is -2.25. The van der Waals surface area contributed by atoms with Gasteiger partial charge in [0.15, 0.2) is 11.5 Å². The van der Waals surface area contributed by atoms with Crippen molar-refractivity contribution in [1.82, 2.24) is 4.57 Å². The van der Waals surface area contributed by atoms with Crippen molar-refractivity contribution in [3.8, 4) is 11.5 Å². The number of carboxylic acid groups (broad SMARTS) is 1. The summed E-state index contributed by atoms with van der Waals surface area (Å²) in [6.07, 6.45) is -0.417. The summed E-state index contributed by atoms with van der Waals surface area (Å²) in [6.45, 7) is 2.03. The second-order valence-electron chi connectivity index (χ2n) is 4.65. The molecule has 0 radical (unpaired) electrons. The summed E-state index contributed by atoms with van der Waals surface area (Å²) >= 11 is 5.93. The Morgan fingerprint density at radius 3 is 3.00 bits per heavy atom. The topological polar surface area (TPSA) is 77.8 Å². The minimum Gasteiger partial charge on any atom is -0.488 e. The number of nitrogens with zero attached hydrogens (tertiary/aromatic N) is 1. The van der Waals surface area contributed by atoms with E-state index >= 15 is 0 Å². The first-order valence-electron chi connectivity index (χ1n) is 6.00. The molecule has 0 bridgehead atoms. The van der Waals surface area contributed by atoms with Crippen LogP contribution in [-0.4, -0.2) is 22.4 Å². The van der Waals surface area contributed by atoms with Crippen molar-refractivity contribution in [3.63, 3.8) is 0 Å². The number of ether oxygens (including phenoxy) is 2. The molecule has 1 aliphatic rings.